The van der Waals surface area contributed by atoms with Gasteiger partial charge in [0.05, 0.1) is 12.8 Å². The van der Waals surface area contributed by atoms with Crippen LogP contribution in [0.3, 0.4) is 0 Å². The number of nitrogens with zero attached hydrogens (tertiary/aromatic N) is 2. The fourth-order valence-electron chi connectivity index (χ4n) is 3.55. The second kappa shape index (κ2) is 7.85. The third-order valence-electron chi connectivity index (χ3n) is 5.20. The number of hydrogen-bond acceptors (Lipinski definition) is 6. The van der Waals surface area contributed by atoms with Gasteiger partial charge in [-0.15, -0.1) is 0 Å². The minimum absolute atomic E-state index is 0.0431. The largest absolute Gasteiger partial charge is 0.467 e. The molecule has 0 aromatic carbocycles. The maximum Gasteiger partial charge on any atom is 0.248 e. The van der Waals surface area contributed by atoms with Gasteiger partial charge < -0.3 is 14.3 Å². The van der Waals surface area contributed by atoms with Crippen LogP contribution in [0, 0.1) is 25.7 Å². The Hall–Kier alpha value is -2.13. The fraction of sp³-hybridized carbons (Fsp3) is 0.556. The van der Waals surface area contributed by atoms with E-state index in [4.69, 9.17) is 8.94 Å². The van der Waals surface area contributed by atoms with Gasteiger partial charge in [0, 0.05) is 19.0 Å². The van der Waals surface area contributed by atoms with E-state index in [2.05, 4.69) is 10.5 Å². The van der Waals surface area contributed by atoms with E-state index in [1.54, 1.807) is 26.2 Å². The lowest BCUT2D eigenvalue weighted by atomic mass is 9.85. The summed E-state index contributed by atoms with van der Waals surface area (Å²) in [5.74, 6) is 0.913. The van der Waals surface area contributed by atoms with Crippen molar-refractivity contribution in [3.05, 3.63) is 35.6 Å². The average Bonchev–Trinajstić information content (AvgIpc) is 3.29. The van der Waals surface area contributed by atoms with E-state index in [-0.39, 0.29) is 22.6 Å². The summed E-state index contributed by atoms with van der Waals surface area (Å²) in [6.07, 6.45) is 2.84. The molecule has 2 aromatic heterocycles. The minimum atomic E-state index is -3.63. The molecule has 1 unspecified atom stereocenters. The Morgan fingerprint density at radius 3 is 2.63 bits per heavy atom. The predicted octanol–water partition coefficient (Wildman–Crippen LogP) is 2.24. The molecule has 1 fully saturated rings. The number of carbonyl (C=O) groups excluding carboxylic acids is 1. The molecule has 8 nitrogen and oxygen atoms in total. The van der Waals surface area contributed by atoms with Crippen LogP contribution < -0.4 is 5.32 Å². The highest BCUT2D eigenvalue weighted by Gasteiger charge is 2.36. The van der Waals surface area contributed by atoms with Crippen LogP contribution in [0.25, 0.3) is 0 Å². The molecule has 1 aliphatic rings. The van der Waals surface area contributed by atoms with Gasteiger partial charge in [-0.25, -0.2) is 8.42 Å². The normalized spacial score (nSPS) is 17.7. The van der Waals surface area contributed by atoms with Crippen molar-refractivity contribution in [3.8, 4) is 0 Å². The Morgan fingerprint density at radius 1 is 1.37 bits per heavy atom. The van der Waals surface area contributed by atoms with Gasteiger partial charge in [-0.05, 0) is 44.7 Å². The number of aryl methyl sites for hydroxylation is 2. The van der Waals surface area contributed by atoms with Crippen LogP contribution in [0.2, 0.25) is 0 Å². The molecule has 0 saturated carbocycles. The molecule has 2 aromatic rings. The molecule has 3 rings (SSSR count). The summed E-state index contributed by atoms with van der Waals surface area (Å²) in [5, 5.41) is 6.62. The number of furan rings is 1. The Morgan fingerprint density at radius 2 is 2.07 bits per heavy atom. The number of aromatic nitrogens is 1. The standard InChI is InChI=1S/C18H25N3O5S/c1-12(18(22)19-11-16-5-4-10-25-16)15-6-8-21(9-7-15)27(23,24)17-13(2)20-26-14(17)3/h4-5,10,12,15H,6-9,11H2,1-3H3,(H,19,22). The zero-order valence-corrected chi connectivity index (χ0v) is 16.6. The second-order valence-corrected chi connectivity index (χ2v) is 8.86. The monoisotopic (exact) mass is 395 g/mol. The van der Waals surface area contributed by atoms with Crippen LogP contribution in [-0.2, 0) is 21.4 Å². The van der Waals surface area contributed by atoms with Crippen molar-refractivity contribution >= 4 is 15.9 Å². The first-order valence-electron chi connectivity index (χ1n) is 9.04. The van der Waals surface area contributed by atoms with Crippen LogP contribution in [0.1, 0.15) is 37.0 Å². The highest BCUT2D eigenvalue weighted by Crippen LogP contribution is 2.30. The van der Waals surface area contributed by atoms with Crippen molar-refractivity contribution in [1.82, 2.24) is 14.8 Å². The van der Waals surface area contributed by atoms with Crippen molar-refractivity contribution in [3.63, 3.8) is 0 Å². The molecular formula is C18H25N3O5S. The molecule has 1 aliphatic heterocycles. The Labute approximate surface area is 158 Å². The molecule has 1 amide bonds. The van der Waals surface area contributed by atoms with Crippen LogP contribution in [0.4, 0.5) is 0 Å². The van der Waals surface area contributed by atoms with E-state index >= 15 is 0 Å². The summed E-state index contributed by atoms with van der Waals surface area (Å²) < 4.78 is 37.4. The summed E-state index contributed by atoms with van der Waals surface area (Å²) in [4.78, 5) is 12.5. The summed E-state index contributed by atoms with van der Waals surface area (Å²) in [7, 11) is -3.63. The number of sulfonamides is 1. The molecule has 3 heterocycles. The molecule has 0 spiro atoms. The number of nitrogens with one attached hydrogen (secondary N) is 1. The first-order valence-corrected chi connectivity index (χ1v) is 10.5. The number of piperidine rings is 1. The number of carbonyl (C=O) groups is 1. The summed E-state index contributed by atoms with van der Waals surface area (Å²) in [6.45, 7) is 6.24. The van der Waals surface area contributed by atoms with Crippen molar-refractivity contribution in [2.45, 2.75) is 45.1 Å². The predicted molar refractivity (Wildman–Crippen MR) is 97.2 cm³/mol. The maximum absolute atomic E-state index is 12.9. The summed E-state index contributed by atoms with van der Waals surface area (Å²) >= 11 is 0. The SMILES string of the molecule is Cc1noc(C)c1S(=O)(=O)N1CCC(C(C)C(=O)NCc2ccco2)CC1. The first-order chi connectivity index (χ1) is 12.8. The van der Waals surface area contributed by atoms with Gasteiger partial charge >= 0.3 is 0 Å². The first kappa shape index (κ1) is 19.6. The van der Waals surface area contributed by atoms with E-state index in [0.29, 0.717) is 49.7 Å². The third kappa shape index (κ3) is 4.08. The van der Waals surface area contributed by atoms with Crippen molar-refractivity contribution in [2.75, 3.05) is 13.1 Å². The zero-order valence-electron chi connectivity index (χ0n) is 15.8. The van der Waals surface area contributed by atoms with Crippen LogP contribution in [-0.4, -0.2) is 36.9 Å². The maximum atomic E-state index is 12.9. The molecule has 1 N–H and O–H groups in total. The second-order valence-electron chi connectivity index (χ2n) is 6.98. The highest BCUT2D eigenvalue weighted by atomic mass is 32.2. The van der Waals surface area contributed by atoms with Crippen molar-refractivity contribution < 1.29 is 22.2 Å². The quantitative estimate of drug-likeness (QED) is 0.804. The fourth-order valence-corrected chi connectivity index (χ4v) is 5.31. The molecule has 0 aliphatic carbocycles. The minimum Gasteiger partial charge on any atom is -0.467 e. The Kier molecular flexibility index (Phi) is 5.71. The van der Waals surface area contributed by atoms with Crippen LogP contribution >= 0.6 is 0 Å². The topological polar surface area (TPSA) is 106 Å². The van der Waals surface area contributed by atoms with Crippen LogP contribution in [0.5, 0.6) is 0 Å². The number of amides is 1. The molecular weight excluding hydrogens is 370 g/mol. The van der Waals surface area contributed by atoms with Gasteiger partial charge in [0.1, 0.15) is 16.3 Å². The van der Waals surface area contributed by atoms with E-state index in [1.165, 1.54) is 4.31 Å². The lowest BCUT2D eigenvalue weighted by molar-refractivity contribution is -0.126. The van der Waals surface area contributed by atoms with Gasteiger partial charge in [0.15, 0.2) is 5.76 Å². The van der Waals surface area contributed by atoms with Gasteiger partial charge in [-0.2, -0.15) is 4.31 Å². The van der Waals surface area contributed by atoms with Crippen molar-refractivity contribution in [1.29, 1.82) is 0 Å². The van der Waals surface area contributed by atoms with Gasteiger partial charge in [0.25, 0.3) is 0 Å². The van der Waals surface area contributed by atoms with E-state index < -0.39 is 10.0 Å². The molecule has 148 valence electrons. The van der Waals surface area contributed by atoms with Gasteiger partial charge in [0.2, 0.25) is 15.9 Å². The smallest absolute Gasteiger partial charge is 0.248 e. The average molecular weight is 395 g/mol. The third-order valence-corrected chi connectivity index (χ3v) is 7.35. The Bertz CT molecular complexity index is 861. The Balaban J connectivity index is 1.57. The van der Waals surface area contributed by atoms with E-state index in [9.17, 15) is 13.2 Å². The lowest BCUT2D eigenvalue weighted by Gasteiger charge is -2.33. The molecule has 1 saturated heterocycles. The molecule has 27 heavy (non-hydrogen) atoms. The molecule has 0 radical (unpaired) electrons. The molecule has 1 atom stereocenters. The van der Waals surface area contributed by atoms with Crippen molar-refractivity contribution in [2.24, 2.45) is 11.8 Å². The number of rotatable bonds is 6. The number of hydrogen-bond donors (Lipinski definition) is 1. The molecule has 9 heteroatoms. The molecule has 0 bridgehead atoms. The summed E-state index contributed by atoms with van der Waals surface area (Å²) in [6, 6.07) is 3.59. The lowest BCUT2D eigenvalue weighted by Crippen LogP contribution is -2.42. The van der Waals surface area contributed by atoms with Gasteiger partial charge in [-0.1, -0.05) is 12.1 Å². The van der Waals surface area contributed by atoms with Gasteiger partial charge in [-0.3, -0.25) is 4.79 Å². The summed E-state index contributed by atoms with van der Waals surface area (Å²) in [5.41, 5.74) is 0.375. The van der Waals surface area contributed by atoms with E-state index in [1.807, 2.05) is 13.0 Å². The zero-order chi connectivity index (χ0) is 19.6. The van der Waals surface area contributed by atoms with Crippen LogP contribution in [0.15, 0.2) is 32.2 Å². The van der Waals surface area contributed by atoms with E-state index in [0.717, 1.165) is 0 Å². The highest BCUT2D eigenvalue weighted by molar-refractivity contribution is 7.89.